The van der Waals surface area contributed by atoms with E-state index in [2.05, 4.69) is 41.3 Å². The van der Waals surface area contributed by atoms with Crippen molar-refractivity contribution in [2.45, 2.75) is 50.5 Å². The number of hydrogen-bond donors (Lipinski definition) is 3. The smallest absolute Gasteiger partial charge is 0.0976 e. The van der Waals surface area contributed by atoms with E-state index < -0.39 is 12.2 Å². The average molecular weight is 400 g/mol. The SMILES string of the molecule is OC[C@@H]1[C@H](O)[C@H](O)CCN1CCCCCOCc1ccc(-c2ccccc2)cc1. The molecule has 1 saturated heterocycles. The van der Waals surface area contributed by atoms with Crippen molar-refractivity contribution in [1.29, 1.82) is 0 Å². The van der Waals surface area contributed by atoms with Crippen LogP contribution in [0.3, 0.4) is 0 Å². The molecular formula is C24H33NO4. The minimum atomic E-state index is -0.856. The van der Waals surface area contributed by atoms with Gasteiger partial charge in [-0.05, 0) is 48.9 Å². The van der Waals surface area contributed by atoms with Gasteiger partial charge in [-0.3, -0.25) is 4.90 Å². The second-order valence-corrected chi connectivity index (χ2v) is 7.81. The van der Waals surface area contributed by atoms with Crippen molar-refractivity contribution in [2.75, 3.05) is 26.3 Å². The number of benzene rings is 2. The maximum atomic E-state index is 10.00. The Bertz CT molecular complexity index is 707. The molecular weight excluding hydrogens is 366 g/mol. The molecule has 5 nitrogen and oxygen atoms in total. The first-order chi connectivity index (χ1) is 14.2. The van der Waals surface area contributed by atoms with Gasteiger partial charge in [-0.15, -0.1) is 0 Å². The van der Waals surface area contributed by atoms with Gasteiger partial charge in [0.2, 0.25) is 0 Å². The van der Waals surface area contributed by atoms with Gasteiger partial charge in [0.1, 0.15) is 0 Å². The van der Waals surface area contributed by atoms with Crippen LogP contribution in [0.15, 0.2) is 54.6 Å². The van der Waals surface area contributed by atoms with Crippen LogP contribution in [0, 0.1) is 0 Å². The Labute approximate surface area is 173 Å². The molecule has 3 N–H and O–H groups in total. The molecule has 3 atom stereocenters. The van der Waals surface area contributed by atoms with Gasteiger partial charge in [-0.25, -0.2) is 0 Å². The van der Waals surface area contributed by atoms with Crippen molar-refractivity contribution in [3.05, 3.63) is 60.2 Å². The summed E-state index contributed by atoms with van der Waals surface area (Å²) in [6, 6.07) is 18.5. The van der Waals surface area contributed by atoms with E-state index in [9.17, 15) is 15.3 Å². The zero-order valence-electron chi connectivity index (χ0n) is 17.0. The standard InChI is InChI=1S/C24H33NO4/c26-17-22-24(28)23(27)13-15-25(22)14-5-2-6-16-29-18-19-9-11-21(12-10-19)20-7-3-1-4-8-20/h1,3-4,7-12,22-24,26-28H,2,5-6,13-18H2/t22-,23-,24+/m1/s1. The first-order valence-electron chi connectivity index (χ1n) is 10.6. The number of aliphatic hydroxyl groups excluding tert-OH is 3. The van der Waals surface area contributed by atoms with Gasteiger partial charge in [0.05, 0.1) is 31.5 Å². The third-order valence-corrected chi connectivity index (χ3v) is 5.72. The van der Waals surface area contributed by atoms with Gasteiger partial charge in [0.15, 0.2) is 0 Å². The van der Waals surface area contributed by atoms with Crippen molar-refractivity contribution < 1.29 is 20.1 Å². The maximum absolute atomic E-state index is 10.00. The Morgan fingerprint density at radius 3 is 2.34 bits per heavy atom. The second-order valence-electron chi connectivity index (χ2n) is 7.81. The van der Waals surface area contributed by atoms with E-state index in [1.165, 1.54) is 16.7 Å². The van der Waals surface area contributed by atoms with Crippen molar-refractivity contribution in [1.82, 2.24) is 4.90 Å². The fraction of sp³-hybridized carbons (Fsp3) is 0.500. The van der Waals surface area contributed by atoms with Crippen LogP contribution in [0.25, 0.3) is 11.1 Å². The van der Waals surface area contributed by atoms with Crippen LogP contribution in [-0.4, -0.2) is 64.8 Å². The topological polar surface area (TPSA) is 73.2 Å². The highest BCUT2D eigenvalue weighted by molar-refractivity contribution is 5.63. The predicted octanol–water partition coefficient (Wildman–Crippen LogP) is 2.83. The lowest BCUT2D eigenvalue weighted by Crippen LogP contribution is -2.56. The van der Waals surface area contributed by atoms with Gasteiger partial charge in [0.25, 0.3) is 0 Å². The molecule has 29 heavy (non-hydrogen) atoms. The molecule has 0 radical (unpaired) electrons. The fourth-order valence-corrected chi connectivity index (χ4v) is 3.92. The highest BCUT2D eigenvalue weighted by Gasteiger charge is 2.34. The zero-order valence-corrected chi connectivity index (χ0v) is 17.0. The number of likely N-dealkylation sites (tertiary alicyclic amines) is 1. The Morgan fingerprint density at radius 2 is 1.62 bits per heavy atom. The van der Waals surface area contributed by atoms with Gasteiger partial charge in [-0.1, -0.05) is 54.6 Å². The van der Waals surface area contributed by atoms with Crippen LogP contribution in [0.5, 0.6) is 0 Å². The molecule has 0 aliphatic carbocycles. The summed E-state index contributed by atoms with van der Waals surface area (Å²) in [5.74, 6) is 0. The van der Waals surface area contributed by atoms with Crippen LogP contribution in [0.2, 0.25) is 0 Å². The first kappa shape index (κ1) is 21.9. The summed E-state index contributed by atoms with van der Waals surface area (Å²) in [5.41, 5.74) is 3.61. The molecule has 0 amide bonds. The molecule has 2 aromatic carbocycles. The largest absolute Gasteiger partial charge is 0.395 e. The van der Waals surface area contributed by atoms with Gasteiger partial charge in [0, 0.05) is 13.2 Å². The van der Waals surface area contributed by atoms with Crippen molar-refractivity contribution >= 4 is 0 Å². The molecule has 2 aromatic rings. The Morgan fingerprint density at radius 1 is 0.897 bits per heavy atom. The number of rotatable bonds is 10. The molecule has 1 aliphatic rings. The fourth-order valence-electron chi connectivity index (χ4n) is 3.92. The number of unbranched alkanes of at least 4 members (excludes halogenated alkanes) is 2. The number of aliphatic hydroxyl groups is 3. The monoisotopic (exact) mass is 399 g/mol. The lowest BCUT2D eigenvalue weighted by atomic mass is 9.96. The van der Waals surface area contributed by atoms with E-state index >= 15 is 0 Å². The molecule has 0 bridgehead atoms. The summed E-state index contributed by atoms with van der Waals surface area (Å²) < 4.78 is 5.80. The molecule has 1 fully saturated rings. The minimum Gasteiger partial charge on any atom is -0.395 e. The van der Waals surface area contributed by atoms with Crippen LogP contribution in [0.4, 0.5) is 0 Å². The molecule has 0 saturated carbocycles. The number of hydrogen-bond acceptors (Lipinski definition) is 5. The Hall–Kier alpha value is -1.76. The normalized spacial score (nSPS) is 22.7. The van der Waals surface area contributed by atoms with Crippen LogP contribution >= 0.6 is 0 Å². The van der Waals surface area contributed by atoms with Gasteiger partial charge in [-0.2, -0.15) is 0 Å². The van der Waals surface area contributed by atoms with Gasteiger partial charge < -0.3 is 20.1 Å². The number of ether oxygens (including phenoxy) is 1. The molecule has 5 heteroatoms. The maximum Gasteiger partial charge on any atom is 0.0976 e. The number of piperidine rings is 1. The highest BCUT2D eigenvalue weighted by Crippen LogP contribution is 2.20. The Kier molecular flexibility index (Phi) is 8.65. The third-order valence-electron chi connectivity index (χ3n) is 5.72. The van der Waals surface area contributed by atoms with Crippen molar-refractivity contribution in [3.63, 3.8) is 0 Å². The molecule has 0 spiro atoms. The first-order valence-corrected chi connectivity index (χ1v) is 10.6. The molecule has 3 rings (SSSR count). The summed E-state index contributed by atoms with van der Waals surface area (Å²) in [4.78, 5) is 2.09. The lowest BCUT2D eigenvalue weighted by Gasteiger charge is -2.40. The van der Waals surface area contributed by atoms with Crippen molar-refractivity contribution in [3.8, 4) is 11.1 Å². The third kappa shape index (κ3) is 6.36. The molecule has 1 heterocycles. The van der Waals surface area contributed by atoms with E-state index in [4.69, 9.17) is 4.74 Å². The minimum absolute atomic E-state index is 0.121. The number of nitrogens with zero attached hydrogens (tertiary/aromatic N) is 1. The highest BCUT2D eigenvalue weighted by atomic mass is 16.5. The quantitative estimate of drug-likeness (QED) is 0.536. The summed E-state index contributed by atoms with van der Waals surface area (Å²) >= 11 is 0. The molecule has 0 unspecified atom stereocenters. The predicted molar refractivity (Wildman–Crippen MR) is 114 cm³/mol. The Balaban J connectivity index is 1.29. The van der Waals surface area contributed by atoms with Crippen LogP contribution in [-0.2, 0) is 11.3 Å². The summed E-state index contributed by atoms with van der Waals surface area (Å²) in [6.07, 6.45) is 2.01. The summed E-state index contributed by atoms with van der Waals surface area (Å²) in [7, 11) is 0. The van der Waals surface area contributed by atoms with E-state index in [1.54, 1.807) is 0 Å². The zero-order chi connectivity index (χ0) is 20.5. The van der Waals surface area contributed by atoms with E-state index in [0.29, 0.717) is 13.0 Å². The lowest BCUT2D eigenvalue weighted by molar-refractivity contribution is -0.0897. The molecule has 0 aromatic heterocycles. The van der Waals surface area contributed by atoms with E-state index in [1.807, 2.05) is 18.2 Å². The second kappa shape index (κ2) is 11.4. The average Bonchev–Trinajstić information content (AvgIpc) is 2.76. The van der Waals surface area contributed by atoms with E-state index in [-0.39, 0.29) is 12.6 Å². The van der Waals surface area contributed by atoms with Crippen LogP contribution in [0.1, 0.15) is 31.2 Å². The summed E-state index contributed by atoms with van der Waals surface area (Å²) in [6.45, 7) is 2.78. The van der Waals surface area contributed by atoms with Gasteiger partial charge >= 0.3 is 0 Å². The molecule has 1 aliphatic heterocycles. The van der Waals surface area contributed by atoms with E-state index in [0.717, 1.165) is 39.0 Å². The van der Waals surface area contributed by atoms with Crippen molar-refractivity contribution in [2.24, 2.45) is 0 Å². The summed E-state index contributed by atoms with van der Waals surface area (Å²) in [5, 5.41) is 29.2. The molecule has 158 valence electrons. The van der Waals surface area contributed by atoms with Crippen LogP contribution < -0.4 is 0 Å².